The number of aromatic carboxylic acids is 1. The third-order valence-corrected chi connectivity index (χ3v) is 5.64. The number of aryl methyl sites for hydroxylation is 2. The molecule has 30 heavy (non-hydrogen) atoms. The maximum Gasteiger partial charge on any atom is 0.354 e. The first-order valence-corrected chi connectivity index (χ1v) is 10.0. The Labute approximate surface area is 183 Å². The van der Waals surface area contributed by atoms with E-state index in [0.717, 1.165) is 21.7 Å². The third kappa shape index (κ3) is 3.99. The molecule has 0 amide bonds. The zero-order valence-electron chi connectivity index (χ0n) is 16.3. The SMILES string of the molecule is Cc1cc(Oc2ccc(Cn3nc4ccc(Cl)cc4c3C(=O)O)cc2)cc(C)c1Cl. The molecule has 4 aromatic rings. The van der Waals surface area contributed by atoms with Crippen LogP contribution < -0.4 is 4.74 Å². The third-order valence-electron chi connectivity index (χ3n) is 4.80. The first kappa shape index (κ1) is 20.3. The van der Waals surface area contributed by atoms with Crippen LogP contribution in [0.15, 0.2) is 54.6 Å². The van der Waals surface area contributed by atoms with Gasteiger partial charge in [0.2, 0.25) is 0 Å². The van der Waals surface area contributed by atoms with E-state index in [1.165, 1.54) is 4.68 Å². The van der Waals surface area contributed by atoms with Gasteiger partial charge in [-0.25, -0.2) is 4.79 Å². The summed E-state index contributed by atoms with van der Waals surface area (Å²) in [4.78, 5) is 11.8. The van der Waals surface area contributed by atoms with Crippen LogP contribution in [-0.4, -0.2) is 20.9 Å². The smallest absolute Gasteiger partial charge is 0.354 e. The van der Waals surface area contributed by atoms with Crippen molar-refractivity contribution in [1.29, 1.82) is 0 Å². The summed E-state index contributed by atoms with van der Waals surface area (Å²) in [5, 5.41) is 15.8. The largest absolute Gasteiger partial charge is 0.477 e. The van der Waals surface area contributed by atoms with Crippen LogP contribution in [0, 0.1) is 13.8 Å². The van der Waals surface area contributed by atoms with Crippen molar-refractivity contribution in [2.24, 2.45) is 0 Å². The molecule has 0 spiro atoms. The van der Waals surface area contributed by atoms with Crippen molar-refractivity contribution in [3.63, 3.8) is 0 Å². The topological polar surface area (TPSA) is 64.4 Å². The van der Waals surface area contributed by atoms with Crippen molar-refractivity contribution in [2.75, 3.05) is 0 Å². The van der Waals surface area contributed by atoms with Crippen molar-refractivity contribution in [1.82, 2.24) is 9.78 Å². The second-order valence-electron chi connectivity index (χ2n) is 7.09. The summed E-state index contributed by atoms with van der Waals surface area (Å²) in [6.07, 6.45) is 0. The Morgan fingerprint density at radius 3 is 2.30 bits per heavy atom. The Kier molecular flexibility index (Phi) is 5.41. The molecule has 0 fully saturated rings. The molecule has 4 rings (SSSR count). The number of ether oxygens (including phenoxy) is 1. The van der Waals surface area contributed by atoms with Crippen molar-refractivity contribution < 1.29 is 14.6 Å². The average Bonchev–Trinajstić information content (AvgIpc) is 3.04. The number of hydrogen-bond donors (Lipinski definition) is 1. The lowest BCUT2D eigenvalue weighted by atomic mass is 10.1. The summed E-state index contributed by atoms with van der Waals surface area (Å²) in [6, 6.07) is 16.3. The van der Waals surface area contributed by atoms with Gasteiger partial charge in [0, 0.05) is 15.4 Å². The summed E-state index contributed by atoms with van der Waals surface area (Å²) >= 11 is 12.2. The summed E-state index contributed by atoms with van der Waals surface area (Å²) in [5.74, 6) is 0.342. The molecule has 0 unspecified atom stereocenters. The van der Waals surface area contributed by atoms with Crippen LogP contribution in [0.3, 0.4) is 0 Å². The fourth-order valence-corrected chi connectivity index (χ4v) is 3.66. The molecule has 152 valence electrons. The molecule has 3 aromatic carbocycles. The van der Waals surface area contributed by atoms with E-state index in [0.29, 0.717) is 34.0 Å². The maximum atomic E-state index is 11.8. The van der Waals surface area contributed by atoms with Gasteiger partial charge < -0.3 is 9.84 Å². The number of rotatable bonds is 5. The number of carboxylic acid groups (broad SMARTS) is 1. The Hall–Kier alpha value is -3.02. The van der Waals surface area contributed by atoms with Gasteiger partial charge in [0.1, 0.15) is 11.5 Å². The highest BCUT2D eigenvalue weighted by Crippen LogP contribution is 2.29. The average molecular weight is 441 g/mol. The predicted molar refractivity (Wildman–Crippen MR) is 118 cm³/mol. The van der Waals surface area contributed by atoms with Gasteiger partial charge in [0.25, 0.3) is 0 Å². The van der Waals surface area contributed by atoms with Gasteiger partial charge in [-0.05, 0) is 73.0 Å². The number of carbonyl (C=O) groups is 1. The standard InChI is InChI=1S/C23H18Cl2N2O3/c1-13-9-18(10-14(2)21(13)25)30-17-6-3-15(4-7-17)12-27-22(23(28)29)19-11-16(24)5-8-20(19)26-27/h3-11H,12H2,1-2H3,(H,28,29). The summed E-state index contributed by atoms with van der Waals surface area (Å²) in [7, 11) is 0. The minimum atomic E-state index is -1.05. The summed E-state index contributed by atoms with van der Waals surface area (Å²) in [5.41, 5.74) is 3.50. The number of fused-ring (bicyclic) bond motifs is 1. The van der Waals surface area contributed by atoms with Crippen molar-refractivity contribution in [3.05, 3.63) is 87.0 Å². The highest BCUT2D eigenvalue weighted by atomic mass is 35.5. The zero-order valence-corrected chi connectivity index (χ0v) is 17.8. The molecular formula is C23H18Cl2N2O3. The second-order valence-corrected chi connectivity index (χ2v) is 7.90. The van der Waals surface area contributed by atoms with Gasteiger partial charge >= 0.3 is 5.97 Å². The van der Waals surface area contributed by atoms with E-state index >= 15 is 0 Å². The van der Waals surface area contributed by atoms with Crippen molar-refractivity contribution >= 4 is 40.1 Å². The van der Waals surface area contributed by atoms with E-state index in [9.17, 15) is 9.90 Å². The van der Waals surface area contributed by atoms with E-state index in [-0.39, 0.29) is 5.69 Å². The van der Waals surface area contributed by atoms with Gasteiger partial charge in [-0.1, -0.05) is 35.3 Å². The van der Waals surface area contributed by atoms with E-state index in [4.69, 9.17) is 27.9 Å². The summed E-state index contributed by atoms with van der Waals surface area (Å²) < 4.78 is 7.41. The lowest BCUT2D eigenvalue weighted by Crippen LogP contribution is -2.11. The molecule has 0 atom stereocenters. The monoisotopic (exact) mass is 440 g/mol. The lowest BCUT2D eigenvalue weighted by Gasteiger charge is -2.10. The van der Waals surface area contributed by atoms with Crippen LogP contribution in [-0.2, 0) is 6.54 Å². The number of aromatic nitrogens is 2. The molecule has 0 radical (unpaired) electrons. The van der Waals surface area contributed by atoms with E-state index < -0.39 is 5.97 Å². The Morgan fingerprint density at radius 2 is 1.67 bits per heavy atom. The molecule has 0 aliphatic rings. The molecule has 1 N–H and O–H groups in total. The molecule has 0 saturated carbocycles. The molecule has 5 nitrogen and oxygen atoms in total. The van der Waals surface area contributed by atoms with Crippen LogP contribution in [0.1, 0.15) is 27.2 Å². The number of benzene rings is 3. The summed E-state index contributed by atoms with van der Waals surface area (Å²) in [6.45, 7) is 4.19. The minimum absolute atomic E-state index is 0.111. The maximum absolute atomic E-state index is 11.8. The van der Waals surface area contributed by atoms with Crippen LogP contribution in [0.2, 0.25) is 10.0 Å². The van der Waals surface area contributed by atoms with Crippen molar-refractivity contribution in [3.8, 4) is 11.5 Å². The number of halogens is 2. The normalized spacial score (nSPS) is 11.1. The predicted octanol–water partition coefficient (Wildman–Crippen LogP) is 6.50. The molecule has 0 bridgehead atoms. The molecule has 1 heterocycles. The fraction of sp³-hybridized carbons (Fsp3) is 0.130. The van der Waals surface area contributed by atoms with Gasteiger partial charge in [0.05, 0.1) is 12.1 Å². The molecule has 0 aliphatic heterocycles. The number of carboxylic acids is 1. The molecule has 0 aliphatic carbocycles. The van der Waals surface area contributed by atoms with Crippen LogP contribution >= 0.6 is 23.2 Å². The first-order chi connectivity index (χ1) is 14.3. The van der Waals surface area contributed by atoms with Gasteiger partial charge in [-0.2, -0.15) is 5.10 Å². The van der Waals surface area contributed by atoms with Crippen LogP contribution in [0.4, 0.5) is 0 Å². The van der Waals surface area contributed by atoms with Crippen molar-refractivity contribution in [2.45, 2.75) is 20.4 Å². The zero-order chi connectivity index (χ0) is 21.4. The van der Waals surface area contributed by atoms with Gasteiger partial charge in [-0.15, -0.1) is 0 Å². The van der Waals surface area contributed by atoms with Crippen LogP contribution in [0.5, 0.6) is 11.5 Å². The molecule has 1 aromatic heterocycles. The quantitative estimate of drug-likeness (QED) is 0.384. The second kappa shape index (κ2) is 8.01. The minimum Gasteiger partial charge on any atom is -0.477 e. The molecular weight excluding hydrogens is 423 g/mol. The number of nitrogens with zero attached hydrogens (tertiary/aromatic N) is 2. The highest BCUT2D eigenvalue weighted by molar-refractivity contribution is 6.32. The Bertz CT molecular complexity index is 1240. The van der Waals surface area contributed by atoms with E-state index in [1.54, 1.807) is 18.2 Å². The van der Waals surface area contributed by atoms with E-state index in [1.807, 2.05) is 50.2 Å². The van der Waals surface area contributed by atoms with Gasteiger partial charge in [-0.3, -0.25) is 4.68 Å². The molecule has 7 heteroatoms. The van der Waals surface area contributed by atoms with Crippen LogP contribution in [0.25, 0.3) is 10.9 Å². The number of hydrogen-bond acceptors (Lipinski definition) is 3. The lowest BCUT2D eigenvalue weighted by molar-refractivity contribution is 0.0686. The Balaban J connectivity index is 1.58. The first-order valence-electron chi connectivity index (χ1n) is 9.25. The van der Waals surface area contributed by atoms with E-state index in [2.05, 4.69) is 5.10 Å². The van der Waals surface area contributed by atoms with Gasteiger partial charge in [0.15, 0.2) is 5.69 Å². The molecule has 0 saturated heterocycles. The fourth-order valence-electron chi connectivity index (χ4n) is 3.38. The highest BCUT2D eigenvalue weighted by Gasteiger charge is 2.18. The Morgan fingerprint density at radius 1 is 1.00 bits per heavy atom.